The van der Waals surface area contributed by atoms with E-state index in [1.807, 2.05) is 0 Å². The first-order valence-electron chi connectivity index (χ1n) is 10.9. The Morgan fingerprint density at radius 3 is 1.81 bits per heavy atom. The third-order valence-electron chi connectivity index (χ3n) is 6.75. The molecule has 0 atom stereocenters. The molecule has 4 aromatic carbocycles. The molecule has 0 spiro atoms. The van der Waals surface area contributed by atoms with E-state index in [4.69, 9.17) is 9.31 Å². The Kier molecular flexibility index (Phi) is 4.77. The average molecular weight is 406 g/mol. The molecule has 0 unspecified atom stereocenters. The maximum atomic E-state index is 6.21. The van der Waals surface area contributed by atoms with Crippen LogP contribution in [-0.4, -0.2) is 18.3 Å². The standard InChI is InChI=1S/C28H27BO2/c1-27(2)28(3,4)31-29(30-27)22-18-16-21(17-19-22)24-13-7-8-14-25(24)26-15-9-11-20-10-5-6-12-23(20)26/h5-19H,1-4H3. The molecule has 1 aliphatic heterocycles. The lowest BCUT2D eigenvalue weighted by molar-refractivity contribution is 0.00578. The van der Waals surface area contributed by atoms with Crippen molar-refractivity contribution in [3.05, 3.63) is 91.0 Å². The van der Waals surface area contributed by atoms with Crippen LogP contribution in [0.1, 0.15) is 27.7 Å². The number of hydrogen-bond acceptors (Lipinski definition) is 2. The fourth-order valence-corrected chi connectivity index (χ4v) is 4.23. The molecule has 4 aromatic rings. The van der Waals surface area contributed by atoms with Gasteiger partial charge in [-0.05, 0) is 66.2 Å². The predicted octanol–water partition coefficient (Wildman–Crippen LogP) is 6.47. The molecule has 1 aliphatic rings. The minimum atomic E-state index is -0.340. The second kappa shape index (κ2) is 7.37. The Morgan fingerprint density at radius 2 is 1.10 bits per heavy atom. The van der Waals surface area contributed by atoms with Crippen LogP contribution in [0, 0.1) is 0 Å². The van der Waals surface area contributed by atoms with Crippen LogP contribution in [0.15, 0.2) is 91.0 Å². The van der Waals surface area contributed by atoms with Gasteiger partial charge in [-0.15, -0.1) is 0 Å². The molecule has 2 nitrogen and oxygen atoms in total. The zero-order valence-electron chi connectivity index (χ0n) is 18.6. The smallest absolute Gasteiger partial charge is 0.399 e. The van der Waals surface area contributed by atoms with E-state index in [-0.39, 0.29) is 18.3 Å². The highest BCUT2D eigenvalue weighted by Gasteiger charge is 2.51. The summed E-state index contributed by atoms with van der Waals surface area (Å²) in [5.74, 6) is 0. The van der Waals surface area contributed by atoms with Crippen molar-refractivity contribution in [2.24, 2.45) is 0 Å². The van der Waals surface area contributed by atoms with Crippen LogP contribution in [0.5, 0.6) is 0 Å². The van der Waals surface area contributed by atoms with Crippen LogP contribution in [0.2, 0.25) is 0 Å². The van der Waals surface area contributed by atoms with Gasteiger partial charge in [0.25, 0.3) is 0 Å². The van der Waals surface area contributed by atoms with Crippen LogP contribution in [0.3, 0.4) is 0 Å². The van der Waals surface area contributed by atoms with E-state index < -0.39 is 0 Å². The molecule has 0 N–H and O–H groups in total. The van der Waals surface area contributed by atoms with Crippen molar-refractivity contribution in [3.8, 4) is 22.3 Å². The van der Waals surface area contributed by atoms with Gasteiger partial charge in [-0.25, -0.2) is 0 Å². The largest absolute Gasteiger partial charge is 0.494 e. The molecule has 5 rings (SSSR count). The molecule has 1 fully saturated rings. The van der Waals surface area contributed by atoms with Gasteiger partial charge in [0.2, 0.25) is 0 Å². The molecule has 31 heavy (non-hydrogen) atoms. The lowest BCUT2D eigenvalue weighted by Gasteiger charge is -2.32. The monoisotopic (exact) mass is 406 g/mol. The summed E-state index contributed by atoms with van der Waals surface area (Å²) >= 11 is 0. The summed E-state index contributed by atoms with van der Waals surface area (Å²) in [4.78, 5) is 0. The van der Waals surface area contributed by atoms with E-state index in [1.165, 1.54) is 33.0 Å². The fraction of sp³-hybridized carbons (Fsp3) is 0.214. The van der Waals surface area contributed by atoms with Gasteiger partial charge in [0.05, 0.1) is 11.2 Å². The molecule has 0 bridgehead atoms. The SMILES string of the molecule is CC1(C)OB(c2ccc(-c3ccccc3-c3cccc4ccccc34)cc2)OC1(C)C. The van der Waals surface area contributed by atoms with E-state index in [0.717, 1.165) is 5.46 Å². The van der Waals surface area contributed by atoms with Crippen molar-refractivity contribution in [2.75, 3.05) is 0 Å². The normalized spacial score (nSPS) is 17.2. The fourth-order valence-electron chi connectivity index (χ4n) is 4.23. The highest BCUT2D eigenvalue weighted by molar-refractivity contribution is 6.62. The molecular formula is C28H27BO2. The van der Waals surface area contributed by atoms with Crippen LogP contribution in [0.4, 0.5) is 0 Å². The van der Waals surface area contributed by atoms with Crippen LogP contribution >= 0.6 is 0 Å². The van der Waals surface area contributed by atoms with E-state index in [9.17, 15) is 0 Å². The topological polar surface area (TPSA) is 18.5 Å². The average Bonchev–Trinajstić information content (AvgIpc) is 3.00. The van der Waals surface area contributed by atoms with Crippen LogP contribution < -0.4 is 5.46 Å². The van der Waals surface area contributed by atoms with Gasteiger partial charge in [-0.1, -0.05) is 91.0 Å². The van der Waals surface area contributed by atoms with E-state index in [0.29, 0.717) is 0 Å². The Balaban J connectivity index is 1.53. The number of hydrogen-bond donors (Lipinski definition) is 0. The molecule has 1 saturated heterocycles. The highest BCUT2D eigenvalue weighted by atomic mass is 16.7. The maximum Gasteiger partial charge on any atom is 0.494 e. The molecule has 1 heterocycles. The predicted molar refractivity (Wildman–Crippen MR) is 131 cm³/mol. The van der Waals surface area contributed by atoms with Gasteiger partial charge in [0.15, 0.2) is 0 Å². The quantitative estimate of drug-likeness (QED) is 0.363. The zero-order chi connectivity index (χ0) is 21.6. The summed E-state index contributed by atoms with van der Waals surface area (Å²) in [7, 11) is -0.340. The summed E-state index contributed by atoms with van der Waals surface area (Å²) in [5, 5.41) is 2.53. The summed E-state index contributed by atoms with van der Waals surface area (Å²) in [6.45, 7) is 8.34. The maximum absolute atomic E-state index is 6.21. The van der Waals surface area contributed by atoms with E-state index in [2.05, 4.69) is 119 Å². The van der Waals surface area contributed by atoms with Gasteiger partial charge < -0.3 is 9.31 Å². The summed E-state index contributed by atoms with van der Waals surface area (Å²) < 4.78 is 12.4. The second-order valence-corrected chi connectivity index (χ2v) is 9.28. The van der Waals surface area contributed by atoms with Crippen molar-refractivity contribution < 1.29 is 9.31 Å². The third-order valence-corrected chi connectivity index (χ3v) is 6.75. The molecule has 0 radical (unpaired) electrons. The van der Waals surface area contributed by atoms with Gasteiger partial charge in [-0.2, -0.15) is 0 Å². The number of fused-ring (bicyclic) bond motifs is 1. The molecule has 154 valence electrons. The zero-order valence-corrected chi connectivity index (χ0v) is 18.6. The molecule has 3 heteroatoms. The van der Waals surface area contributed by atoms with Crippen molar-refractivity contribution >= 4 is 23.4 Å². The van der Waals surface area contributed by atoms with Crippen molar-refractivity contribution in [2.45, 2.75) is 38.9 Å². The van der Waals surface area contributed by atoms with E-state index in [1.54, 1.807) is 0 Å². The molecular weight excluding hydrogens is 379 g/mol. The first-order chi connectivity index (χ1) is 14.9. The summed E-state index contributed by atoms with van der Waals surface area (Å²) in [6, 6.07) is 32.3. The van der Waals surface area contributed by atoms with Gasteiger partial charge in [-0.3, -0.25) is 0 Å². The lowest BCUT2D eigenvalue weighted by atomic mass is 9.78. The summed E-state index contributed by atoms with van der Waals surface area (Å²) in [5.41, 5.74) is 5.27. The molecule has 0 saturated carbocycles. The van der Waals surface area contributed by atoms with Crippen molar-refractivity contribution in [1.29, 1.82) is 0 Å². The van der Waals surface area contributed by atoms with E-state index >= 15 is 0 Å². The van der Waals surface area contributed by atoms with Crippen molar-refractivity contribution in [1.82, 2.24) is 0 Å². The number of benzene rings is 4. The first kappa shape index (κ1) is 20.1. The van der Waals surface area contributed by atoms with Gasteiger partial charge in [0.1, 0.15) is 0 Å². The first-order valence-corrected chi connectivity index (χ1v) is 10.9. The van der Waals surface area contributed by atoms with Gasteiger partial charge >= 0.3 is 7.12 Å². The van der Waals surface area contributed by atoms with Crippen molar-refractivity contribution in [3.63, 3.8) is 0 Å². The van der Waals surface area contributed by atoms with Gasteiger partial charge in [0, 0.05) is 0 Å². The third kappa shape index (κ3) is 3.48. The molecule has 0 aromatic heterocycles. The Morgan fingerprint density at radius 1 is 0.548 bits per heavy atom. The highest BCUT2D eigenvalue weighted by Crippen LogP contribution is 2.38. The summed E-state index contributed by atoms with van der Waals surface area (Å²) in [6.07, 6.45) is 0. The molecule has 0 aliphatic carbocycles. The Labute approximate surface area is 185 Å². The molecule has 0 amide bonds. The number of rotatable bonds is 3. The Bertz CT molecular complexity index is 1220. The van der Waals surface area contributed by atoms with Crippen LogP contribution in [0.25, 0.3) is 33.0 Å². The Hall–Kier alpha value is -2.88. The lowest BCUT2D eigenvalue weighted by Crippen LogP contribution is -2.41. The second-order valence-electron chi connectivity index (χ2n) is 9.28. The minimum Gasteiger partial charge on any atom is -0.399 e. The minimum absolute atomic E-state index is 0.336. The van der Waals surface area contributed by atoms with Crippen LogP contribution in [-0.2, 0) is 9.31 Å².